The van der Waals surface area contributed by atoms with E-state index in [1.807, 2.05) is 0 Å². The molecule has 166 valence electrons. The second kappa shape index (κ2) is 20.7. The lowest BCUT2D eigenvalue weighted by Gasteiger charge is -2.11. The highest BCUT2D eigenvalue weighted by Gasteiger charge is 2.14. The van der Waals surface area contributed by atoms with Gasteiger partial charge in [-0.2, -0.15) is 0 Å². The van der Waals surface area contributed by atoms with E-state index in [9.17, 15) is 9.59 Å². The molecule has 1 atom stereocenters. The fourth-order valence-corrected chi connectivity index (χ4v) is 3.56. The summed E-state index contributed by atoms with van der Waals surface area (Å²) in [7, 11) is 1.33. The summed E-state index contributed by atoms with van der Waals surface area (Å²) in [5, 5.41) is 2.67. The number of methoxy groups -OCH3 is 1. The van der Waals surface area contributed by atoms with Gasteiger partial charge in [-0.3, -0.25) is 4.79 Å². The lowest BCUT2D eigenvalue weighted by molar-refractivity contribution is -0.144. The molecule has 0 unspecified atom stereocenters. The zero-order chi connectivity index (χ0) is 20.9. The Kier molecular flexibility index (Phi) is 19.9. The zero-order valence-corrected chi connectivity index (χ0v) is 19.0. The number of hydrogen-bond acceptors (Lipinski definition) is 3. The van der Waals surface area contributed by atoms with E-state index in [1.54, 1.807) is 6.92 Å². The number of esters is 1. The summed E-state index contributed by atoms with van der Waals surface area (Å²) in [5.74, 6) is -0.449. The Bertz CT molecular complexity index is 371. The van der Waals surface area contributed by atoms with Crippen LogP contribution in [0.3, 0.4) is 0 Å². The summed E-state index contributed by atoms with van der Waals surface area (Å²) in [5.41, 5.74) is 0. The molecule has 0 aromatic carbocycles. The molecule has 0 aliphatic heterocycles. The van der Waals surface area contributed by atoms with Gasteiger partial charge >= 0.3 is 5.97 Å². The van der Waals surface area contributed by atoms with E-state index < -0.39 is 12.0 Å². The van der Waals surface area contributed by atoms with Gasteiger partial charge in [-0.05, 0) is 13.3 Å². The van der Waals surface area contributed by atoms with Gasteiger partial charge in [0, 0.05) is 6.42 Å². The maximum atomic E-state index is 11.7. The van der Waals surface area contributed by atoms with Crippen LogP contribution < -0.4 is 5.32 Å². The highest BCUT2D eigenvalue weighted by Crippen LogP contribution is 2.14. The third-order valence-electron chi connectivity index (χ3n) is 5.44. The van der Waals surface area contributed by atoms with Crippen LogP contribution >= 0.6 is 0 Å². The Balaban J connectivity index is 3.21. The van der Waals surface area contributed by atoms with Gasteiger partial charge in [-0.15, -0.1) is 0 Å². The number of carbonyl (C=O) groups excluding carboxylic acids is 2. The first-order valence-electron chi connectivity index (χ1n) is 12.0. The summed E-state index contributed by atoms with van der Waals surface area (Å²) in [6.45, 7) is 3.93. The number of ether oxygens (including phenoxy) is 1. The second-order valence-electron chi connectivity index (χ2n) is 8.22. The van der Waals surface area contributed by atoms with E-state index in [1.165, 1.54) is 103 Å². The van der Waals surface area contributed by atoms with Crippen LogP contribution in [0.4, 0.5) is 0 Å². The molecule has 0 bridgehead atoms. The maximum absolute atomic E-state index is 11.7. The molecule has 4 heteroatoms. The number of carbonyl (C=O) groups is 2. The Morgan fingerprint density at radius 1 is 0.679 bits per heavy atom. The molecule has 0 saturated heterocycles. The topological polar surface area (TPSA) is 55.4 Å². The van der Waals surface area contributed by atoms with Crippen molar-refractivity contribution in [3.63, 3.8) is 0 Å². The van der Waals surface area contributed by atoms with Crippen molar-refractivity contribution in [2.75, 3.05) is 7.11 Å². The fraction of sp³-hybridized carbons (Fsp3) is 0.917. The van der Waals surface area contributed by atoms with Crippen LogP contribution in [-0.4, -0.2) is 25.0 Å². The van der Waals surface area contributed by atoms with E-state index in [0.29, 0.717) is 6.42 Å². The summed E-state index contributed by atoms with van der Waals surface area (Å²) >= 11 is 0. The molecule has 0 heterocycles. The summed E-state index contributed by atoms with van der Waals surface area (Å²) in [6.07, 6.45) is 23.2. The first kappa shape index (κ1) is 26.9. The fourth-order valence-electron chi connectivity index (χ4n) is 3.56. The zero-order valence-electron chi connectivity index (χ0n) is 19.0. The minimum absolute atomic E-state index is 0.0566. The van der Waals surface area contributed by atoms with E-state index >= 15 is 0 Å². The van der Waals surface area contributed by atoms with Gasteiger partial charge in [0.05, 0.1) is 7.11 Å². The standard InChI is InChI=1S/C24H47NO3/c1-4-5-6-7-8-9-10-11-12-13-14-15-16-17-18-19-20-21-23(26)25-22(2)24(27)28-3/h22H,4-21H2,1-3H3,(H,25,26)/t22-/m0/s1. The van der Waals surface area contributed by atoms with Crippen molar-refractivity contribution in [3.05, 3.63) is 0 Å². The SMILES string of the molecule is CCCCCCCCCCCCCCCCCCCC(=O)N[C@@H](C)C(=O)OC. The summed E-state index contributed by atoms with van der Waals surface area (Å²) in [6, 6.07) is -0.553. The molecule has 0 aliphatic carbocycles. The molecule has 0 aromatic heterocycles. The van der Waals surface area contributed by atoms with Crippen LogP contribution in [0.25, 0.3) is 0 Å². The number of rotatable bonds is 20. The average molecular weight is 398 g/mol. The van der Waals surface area contributed by atoms with Gasteiger partial charge in [0.15, 0.2) is 0 Å². The number of amides is 1. The third kappa shape index (κ3) is 18.3. The Labute approximate surface area is 174 Å². The van der Waals surface area contributed by atoms with Gasteiger partial charge < -0.3 is 10.1 Å². The molecule has 1 N–H and O–H groups in total. The van der Waals surface area contributed by atoms with Crippen molar-refractivity contribution in [1.29, 1.82) is 0 Å². The molecule has 0 radical (unpaired) electrons. The predicted molar refractivity (Wildman–Crippen MR) is 118 cm³/mol. The molecule has 0 aliphatic rings. The molecule has 4 nitrogen and oxygen atoms in total. The second-order valence-corrected chi connectivity index (χ2v) is 8.22. The summed E-state index contributed by atoms with van der Waals surface area (Å²) < 4.78 is 4.60. The highest BCUT2D eigenvalue weighted by atomic mass is 16.5. The molecular weight excluding hydrogens is 350 g/mol. The molecule has 0 spiro atoms. The van der Waals surface area contributed by atoms with Gasteiger partial charge in [-0.1, -0.05) is 110 Å². The van der Waals surface area contributed by atoms with Crippen molar-refractivity contribution < 1.29 is 14.3 Å². The first-order valence-corrected chi connectivity index (χ1v) is 12.0. The smallest absolute Gasteiger partial charge is 0.328 e. The molecular formula is C24H47NO3. The maximum Gasteiger partial charge on any atom is 0.328 e. The van der Waals surface area contributed by atoms with Crippen molar-refractivity contribution in [3.8, 4) is 0 Å². The monoisotopic (exact) mass is 397 g/mol. The number of hydrogen-bond donors (Lipinski definition) is 1. The van der Waals surface area contributed by atoms with Crippen molar-refractivity contribution in [2.45, 2.75) is 135 Å². The average Bonchev–Trinajstić information content (AvgIpc) is 2.69. The Morgan fingerprint density at radius 2 is 1.04 bits per heavy atom. The molecule has 0 aromatic rings. The Hall–Kier alpha value is -1.06. The van der Waals surface area contributed by atoms with Gasteiger partial charge in [-0.25, -0.2) is 4.79 Å². The lowest BCUT2D eigenvalue weighted by atomic mass is 10.0. The van der Waals surface area contributed by atoms with E-state index in [4.69, 9.17) is 0 Å². The predicted octanol–water partition coefficient (Wildman–Crippen LogP) is 6.71. The first-order chi connectivity index (χ1) is 13.6. The summed E-state index contributed by atoms with van der Waals surface area (Å²) in [4.78, 5) is 23.0. The van der Waals surface area contributed by atoms with Crippen LogP contribution in [0.2, 0.25) is 0 Å². The number of nitrogens with one attached hydrogen (secondary N) is 1. The largest absolute Gasteiger partial charge is 0.467 e. The number of unbranched alkanes of at least 4 members (excludes halogenated alkanes) is 16. The molecule has 1 amide bonds. The normalized spacial score (nSPS) is 12.0. The van der Waals surface area contributed by atoms with Crippen molar-refractivity contribution >= 4 is 11.9 Å². The van der Waals surface area contributed by atoms with Gasteiger partial charge in [0.2, 0.25) is 5.91 Å². The van der Waals surface area contributed by atoms with Crippen LogP contribution in [0, 0.1) is 0 Å². The minimum atomic E-state index is -0.553. The molecule has 0 rings (SSSR count). The van der Waals surface area contributed by atoms with Crippen LogP contribution in [0.15, 0.2) is 0 Å². The molecule has 0 saturated carbocycles. The molecule has 28 heavy (non-hydrogen) atoms. The van der Waals surface area contributed by atoms with Gasteiger partial charge in [0.1, 0.15) is 6.04 Å². The Morgan fingerprint density at radius 3 is 1.39 bits per heavy atom. The van der Waals surface area contributed by atoms with Crippen molar-refractivity contribution in [1.82, 2.24) is 5.32 Å². The third-order valence-corrected chi connectivity index (χ3v) is 5.44. The van der Waals surface area contributed by atoms with Crippen molar-refractivity contribution in [2.24, 2.45) is 0 Å². The van der Waals surface area contributed by atoms with E-state index in [2.05, 4.69) is 17.0 Å². The minimum Gasteiger partial charge on any atom is -0.467 e. The van der Waals surface area contributed by atoms with E-state index in [-0.39, 0.29) is 5.91 Å². The lowest BCUT2D eigenvalue weighted by Crippen LogP contribution is -2.38. The van der Waals surface area contributed by atoms with Crippen LogP contribution in [0.1, 0.15) is 129 Å². The molecule has 0 fully saturated rings. The van der Waals surface area contributed by atoms with Crippen LogP contribution in [0.5, 0.6) is 0 Å². The van der Waals surface area contributed by atoms with Crippen LogP contribution in [-0.2, 0) is 14.3 Å². The quantitative estimate of drug-likeness (QED) is 0.183. The van der Waals surface area contributed by atoms with Gasteiger partial charge in [0.25, 0.3) is 0 Å². The highest BCUT2D eigenvalue weighted by molar-refractivity contribution is 5.83. The van der Waals surface area contributed by atoms with E-state index in [0.717, 1.165) is 12.8 Å².